The third kappa shape index (κ3) is 3.47. The second-order valence-electron chi connectivity index (χ2n) is 7.10. The first-order chi connectivity index (χ1) is 14.0. The summed E-state index contributed by atoms with van der Waals surface area (Å²) in [5.74, 6) is 0.667. The standard InChI is InChI=1S/C23H19FN4O/c1-14-19-9-10-22(29)28(23(19)27-15(2)26-14)13-18-8-7-16(11-21(18)24)20-6-4-3-5-17(20)12-25/h3-8,11H,9-10,13H2,1-2H3. The summed E-state index contributed by atoms with van der Waals surface area (Å²) in [7, 11) is 0. The normalized spacial score (nSPS) is 13.2. The molecule has 0 radical (unpaired) electrons. The highest BCUT2D eigenvalue weighted by Crippen LogP contribution is 2.31. The Morgan fingerprint density at radius 2 is 1.93 bits per heavy atom. The van der Waals surface area contributed by atoms with Gasteiger partial charge in [0.1, 0.15) is 17.5 Å². The van der Waals surface area contributed by atoms with E-state index in [4.69, 9.17) is 0 Å². The van der Waals surface area contributed by atoms with E-state index in [0.717, 1.165) is 11.3 Å². The van der Waals surface area contributed by atoms with E-state index in [9.17, 15) is 14.4 Å². The molecule has 0 atom stereocenters. The molecule has 1 aromatic heterocycles. The molecule has 2 aromatic carbocycles. The molecular weight excluding hydrogens is 367 g/mol. The van der Waals surface area contributed by atoms with Gasteiger partial charge in [0.25, 0.3) is 0 Å². The second kappa shape index (κ2) is 7.44. The summed E-state index contributed by atoms with van der Waals surface area (Å²) in [6.45, 7) is 3.80. The van der Waals surface area contributed by atoms with Crippen molar-refractivity contribution in [3.63, 3.8) is 0 Å². The number of carbonyl (C=O) groups is 1. The van der Waals surface area contributed by atoms with E-state index in [0.29, 0.717) is 46.7 Å². The second-order valence-corrected chi connectivity index (χ2v) is 7.10. The first-order valence-electron chi connectivity index (χ1n) is 9.40. The number of anilines is 1. The number of carbonyl (C=O) groups excluding carboxylic acids is 1. The number of hydrogen-bond acceptors (Lipinski definition) is 4. The van der Waals surface area contributed by atoms with E-state index in [1.54, 1.807) is 42.2 Å². The zero-order valence-corrected chi connectivity index (χ0v) is 16.2. The number of nitrogens with zero attached hydrogens (tertiary/aromatic N) is 4. The summed E-state index contributed by atoms with van der Waals surface area (Å²) >= 11 is 0. The summed E-state index contributed by atoms with van der Waals surface area (Å²) in [5, 5.41) is 9.29. The number of fused-ring (bicyclic) bond motifs is 1. The number of amides is 1. The highest BCUT2D eigenvalue weighted by atomic mass is 19.1. The Morgan fingerprint density at radius 1 is 1.14 bits per heavy atom. The molecule has 144 valence electrons. The number of aromatic nitrogens is 2. The lowest BCUT2D eigenvalue weighted by molar-refractivity contribution is -0.119. The molecule has 0 unspecified atom stereocenters. The number of nitriles is 1. The van der Waals surface area contributed by atoms with E-state index in [1.165, 1.54) is 6.07 Å². The molecule has 5 nitrogen and oxygen atoms in total. The van der Waals surface area contributed by atoms with Crippen LogP contribution in [0.1, 0.15) is 34.6 Å². The summed E-state index contributed by atoms with van der Waals surface area (Å²) in [6.07, 6.45) is 0.957. The summed E-state index contributed by atoms with van der Waals surface area (Å²) in [6, 6.07) is 14.1. The minimum Gasteiger partial charge on any atom is -0.292 e. The van der Waals surface area contributed by atoms with Crippen molar-refractivity contribution in [2.75, 3.05) is 4.90 Å². The smallest absolute Gasteiger partial charge is 0.228 e. The van der Waals surface area contributed by atoms with Crippen LogP contribution in [0.15, 0.2) is 42.5 Å². The summed E-state index contributed by atoms with van der Waals surface area (Å²) < 4.78 is 14.9. The number of rotatable bonds is 3. The lowest BCUT2D eigenvalue weighted by atomic mass is 9.98. The molecule has 0 aliphatic carbocycles. The Kier molecular flexibility index (Phi) is 4.81. The van der Waals surface area contributed by atoms with Crippen molar-refractivity contribution in [1.29, 1.82) is 5.26 Å². The summed E-state index contributed by atoms with van der Waals surface area (Å²) in [5.41, 5.74) is 3.99. The van der Waals surface area contributed by atoms with Crippen LogP contribution < -0.4 is 4.90 Å². The lowest BCUT2D eigenvalue weighted by Gasteiger charge is -2.29. The van der Waals surface area contributed by atoms with Crippen LogP contribution in [0.4, 0.5) is 10.2 Å². The van der Waals surface area contributed by atoms with Crippen molar-refractivity contribution in [3.05, 3.63) is 76.5 Å². The van der Waals surface area contributed by atoms with Crippen LogP contribution in [0, 0.1) is 31.0 Å². The van der Waals surface area contributed by atoms with Crippen LogP contribution in [-0.2, 0) is 17.8 Å². The van der Waals surface area contributed by atoms with Gasteiger partial charge in [-0.25, -0.2) is 14.4 Å². The highest BCUT2D eigenvalue weighted by molar-refractivity contribution is 5.95. The fraction of sp³-hybridized carbons (Fsp3) is 0.217. The molecule has 1 aliphatic rings. The average molecular weight is 386 g/mol. The third-order valence-corrected chi connectivity index (χ3v) is 5.19. The van der Waals surface area contributed by atoms with E-state index in [-0.39, 0.29) is 12.5 Å². The van der Waals surface area contributed by atoms with Crippen LogP contribution in [0.2, 0.25) is 0 Å². The molecule has 0 saturated heterocycles. The molecule has 0 N–H and O–H groups in total. The van der Waals surface area contributed by atoms with Gasteiger partial charge in [0.2, 0.25) is 5.91 Å². The molecule has 0 fully saturated rings. The molecule has 0 bridgehead atoms. The van der Waals surface area contributed by atoms with Crippen LogP contribution in [0.5, 0.6) is 0 Å². The van der Waals surface area contributed by atoms with Gasteiger partial charge < -0.3 is 0 Å². The molecule has 3 aromatic rings. The molecular formula is C23H19FN4O. The predicted octanol–water partition coefficient (Wildman–Crippen LogP) is 4.25. The quantitative estimate of drug-likeness (QED) is 0.675. The van der Waals surface area contributed by atoms with Gasteiger partial charge >= 0.3 is 0 Å². The van der Waals surface area contributed by atoms with Gasteiger partial charge in [0, 0.05) is 23.2 Å². The molecule has 0 saturated carbocycles. The SMILES string of the molecule is Cc1nc(C)c2c(n1)N(Cc1ccc(-c3ccccc3C#N)cc1F)C(=O)CC2. The predicted molar refractivity (Wildman–Crippen MR) is 108 cm³/mol. The molecule has 0 spiro atoms. The van der Waals surface area contributed by atoms with E-state index >= 15 is 0 Å². The molecule has 4 rings (SSSR count). The Labute approximate surface area is 168 Å². The minimum absolute atomic E-state index is 0.0756. The maximum absolute atomic E-state index is 14.9. The van der Waals surface area contributed by atoms with E-state index in [1.807, 2.05) is 13.0 Å². The van der Waals surface area contributed by atoms with Gasteiger partial charge in [-0.15, -0.1) is 0 Å². The lowest BCUT2D eigenvalue weighted by Crippen LogP contribution is -2.36. The van der Waals surface area contributed by atoms with Crippen LogP contribution >= 0.6 is 0 Å². The first kappa shape index (κ1) is 18.8. The highest BCUT2D eigenvalue weighted by Gasteiger charge is 2.28. The first-order valence-corrected chi connectivity index (χ1v) is 9.40. The van der Waals surface area contributed by atoms with Crippen molar-refractivity contribution in [1.82, 2.24) is 9.97 Å². The molecule has 29 heavy (non-hydrogen) atoms. The summed E-state index contributed by atoms with van der Waals surface area (Å²) in [4.78, 5) is 23.0. The van der Waals surface area contributed by atoms with Crippen LogP contribution in [0.25, 0.3) is 11.1 Å². The fourth-order valence-electron chi connectivity index (χ4n) is 3.73. The molecule has 6 heteroatoms. The Balaban J connectivity index is 1.70. The monoisotopic (exact) mass is 386 g/mol. The zero-order chi connectivity index (χ0) is 20.5. The van der Waals surface area contributed by atoms with Gasteiger partial charge in [-0.2, -0.15) is 5.26 Å². The Hall–Kier alpha value is -3.59. The average Bonchev–Trinajstić information content (AvgIpc) is 2.71. The van der Waals surface area contributed by atoms with Gasteiger partial charge in [-0.3, -0.25) is 9.69 Å². The minimum atomic E-state index is -0.419. The molecule has 1 amide bonds. The van der Waals surface area contributed by atoms with E-state index < -0.39 is 5.82 Å². The van der Waals surface area contributed by atoms with Crippen molar-refractivity contribution < 1.29 is 9.18 Å². The number of hydrogen-bond donors (Lipinski definition) is 0. The van der Waals surface area contributed by atoms with Gasteiger partial charge in [0.05, 0.1) is 18.2 Å². The van der Waals surface area contributed by atoms with Crippen LogP contribution in [-0.4, -0.2) is 15.9 Å². The van der Waals surface area contributed by atoms with Gasteiger partial charge in [-0.05, 0) is 43.5 Å². The van der Waals surface area contributed by atoms with E-state index in [2.05, 4.69) is 16.0 Å². The number of benzene rings is 2. The van der Waals surface area contributed by atoms with Gasteiger partial charge in [0.15, 0.2) is 0 Å². The van der Waals surface area contributed by atoms with Gasteiger partial charge in [-0.1, -0.05) is 30.3 Å². The van der Waals surface area contributed by atoms with Crippen molar-refractivity contribution >= 4 is 11.7 Å². The maximum atomic E-state index is 14.9. The topological polar surface area (TPSA) is 69.9 Å². The van der Waals surface area contributed by atoms with Crippen molar-refractivity contribution in [3.8, 4) is 17.2 Å². The number of halogens is 1. The molecule has 2 heterocycles. The fourth-order valence-corrected chi connectivity index (χ4v) is 3.73. The van der Waals surface area contributed by atoms with Crippen LogP contribution in [0.3, 0.4) is 0 Å². The molecule has 1 aliphatic heterocycles. The van der Waals surface area contributed by atoms with Crippen molar-refractivity contribution in [2.45, 2.75) is 33.2 Å². The van der Waals surface area contributed by atoms with Crippen molar-refractivity contribution in [2.24, 2.45) is 0 Å². The Bertz CT molecular complexity index is 1170. The maximum Gasteiger partial charge on any atom is 0.228 e. The number of aryl methyl sites for hydroxylation is 2. The Morgan fingerprint density at radius 3 is 2.69 bits per heavy atom. The third-order valence-electron chi connectivity index (χ3n) is 5.19. The largest absolute Gasteiger partial charge is 0.292 e. The zero-order valence-electron chi connectivity index (χ0n) is 16.2.